The lowest BCUT2D eigenvalue weighted by Crippen LogP contribution is -2.29. The third kappa shape index (κ3) is 3.00. The number of hydrogen-bond acceptors (Lipinski definition) is 7. The van der Waals surface area contributed by atoms with Crippen LogP contribution in [0.3, 0.4) is 0 Å². The van der Waals surface area contributed by atoms with Gasteiger partial charge < -0.3 is 0 Å². The maximum Gasteiger partial charge on any atom is 0.368 e. The standard InChI is InChI=1S/C15H12N6O2S/c1-10-9-24-14(17-10)12(7-16)13(22)8-20-15(23)21(19-18-20)11-5-3-2-4-6-11/h2-6,9,12H,8H2,1H3/t12-/m0/s1. The number of para-hydroxylation sites is 1. The van der Waals surface area contributed by atoms with Crippen molar-refractivity contribution in [1.82, 2.24) is 24.8 Å². The molecule has 1 atom stereocenters. The summed E-state index contributed by atoms with van der Waals surface area (Å²) in [7, 11) is 0. The van der Waals surface area contributed by atoms with Gasteiger partial charge in [-0.15, -0.1) is 11.3 Å². The van der Waals surface area contributed by atoms with Crippen LogP contribution in [0.4, 0.5) is 0 Å². The fraction of sp³-hybridized carbons (Fsp3) is 0.200. The Kier molecular flexibility index (Phi) is 4.31. The summed E-state index contributed by atoms with van der Waals surface area (Å²) in [6, 6.07) is 10.7. The predicted molar refractivity (Wildman–Crippen MR) is 85.8 cm³/mol. The molecule has 0 radical (unpaired) electrons. The lowest BCUT2D eigenvalue weighted by atomic mass is 10.1. The first kappa shape index (κ1) is 15.8. The molecule has 2 aromatic heterocycles. The summed E-state index contributed by atoms with van der Waals surface area (Å²) < 4.78 is 2.04. The van der Waals surface area contributed by atoms with E-state index < -0.39 is 17.4 Å². The molecule has 0 aliphatic carbocycles. The minimum absolute atomic E-state index is 0.331. The molecular formula is C15H12N6O2S. The first-order chi connectivity index (χ1) is 11.6. The van der Waals surface area contributed by atoms with E-state index in [1.807, 2.05) is 12.1 Å². The molecule has 1 aromatic carbocycles. The molecule has 8 nitrogen and oxygen atoms in total. The Labute approximate surface area is 140 Å². The maximum atomic E-state index is 12.4. The number of hydrogen-bond donors (Lipinski definition) is 0. The van der Waals surface area contributed by atoms with Crippen molar-refractivity contribution in [2.75, 3.05) is 0 Å². The van der Waals surface area contributed by atoms with Crippen LogP contribution in [0.15, 0.2) is 40.5 Å². The molecule has 0 saturated heterocycles. The molecule has 3 aromatic rings. The quantitative estimate of drug-likeness (QED) is 0.688. The van der Waals surface area contributed by atoms with Crippen molar-refractivity contribution in [1.29, 1.82) is 5.26 Å². The summed E-state index contributed by atoms with van der Waals surface area (Å²) in [5.74, 6) is -1.47. The molecule has 0 spiro atoms. The van der Waals surface area contributed by atoms with Crippen molar-refractivity contribution in [2.45, 2.75) is 19.4 Å². The van der Waals surface area contributed by atoms with Crippen LogP contribution >= 0.6 is 11.3 Å². The zero-order chi connectivity index (χ0) is 17.1. The number of benzene rings is 1. The molecule has 0 fully saturated rings. The molecule has 0 bridgehead atoms. The molecular weight excluding hydrogens is 328 g/mol. The van der Waals surface area contributed by atoms with E-state index >= 15 is 0 Å². The highest BCUT2D eigenvalue weighted by Crippen LogP contribution is 2.20. The highest BCUT2D eigenvalue weighted by atomic mass is 32.1. The van der Waals surface area contributed by atoms with Crippen molar-refractivity contribution in [3.8, 4) is 11.8 Å². The fourth-order valence-corrected chi connectivity index (χ4v) is 2.97. The first-order valence-electron chi connectivity index (χ1n) is 7.02. The zero-order valence-corrected chi connectivity index (χ0v) is 13.5. The van der Waals surface area contributed by atoms with Gasteiger partial charge in [-0.1, -0.05) is 18.2 Å². The van der Waals surface area contributed by atoms with Gasteiger partial charge in [0, 0.05) is 11.1 Å². The second-order valence-corrected chi connectivity index (χ2v) is 5.91. The molecule has 0 aliphatic rings. The van der Waals surface area contributed by atoms with Crippen molar-refractivity contribution in [3.05, 3.63) is 56.9 Å². The van der Waals surface area contributed by atoms with Gasteiger partial charge in [0.15, 0.2) is 11.7 Å². The zero-order valence-electron chi connectivity index (χ0n) is 12.7. The van der Waals surface area contributed by atoms with Crippen molar-refractivity contribution in [2.24, 2.45) is 0 Å². The van der Waals surface area contributed by atoms with E-state index in [0.29, 0.717) is 10.7 Å². The largest absolute Gasteiger partial charge is 0.368 e. The molecule has 3 rings (SSSR count). The summed E-state index contributed by atoms with van der Waals surface area (Å²) in [5.41, 5.74) is 0.755. The molecule has 2 heterocycles. The van der Waals surface area contributed by atoms with Gasteiger partial charge in [-0.3, -0.25) is 4.79 Å². The monoisotopic (exact) mass is 340 g/mol. The smallest absolute Gasteiger partial charge is 0.296 e. The second kappa shape index (κ2) is 6.55. The summed E-state index contributed by atoms with van der Waals surface area (Å²) in [6.07, 6.45) is 0. The van der Waals surface area contributed by atoms with Crippen molar-refractivity contribution in [3.63, 3.8) is 0 Å². The van der Waals surface area contributed by atoms with E-state index in [0.717, 1.165) is 15.1 Å². The molecule has 120 valence electrons. The van der Waals surface area contributed by atoms with Crippen molar-refractivity contribution >= 4 is 17.1 Å². The summed E-state index contributed by atoms with van der Waals surface area (Å²) in [5, 5.41) is 18.9. The molecule has 0 saturated carbocycles. The van der Waals surface area contributed by atoms with Crippen molar-refractivity contribution < 1.29 is 4.79 Å². The Morgan fingerprint density at radius 1 is 1.33 bits per heavy atom. The number of aromatic nitrogens is 5. The molecule has 9 heteroatoms. The number of Topliss-reactive ketones (excluding diaryl/α,β-unsaturated/α-hetero) is 1. The van der Waals surface area contributed by atoms with E-state index in [9.17, 15) is 14.9 Å². The molecule has 0 aliphatic heterocycles. The molecule has 0 unspecified atom stereocenters. The minimum atomic E-state index is -1.02. The molecule has 0 N–H and O–H groups in total. The summed E-state index contributed by atoms with van der Waals surface area (Å²) >= 11 is 1.24. The normalized spacial score (nSPS) is 11.8. The first-order valence-corrected chi connectivity index (χ1v) is 7.90. The Morgan fingerprint density at radius 3 is 2.71 bits per heavy atom. The van der Waals surface area contributed by atoms with E-state index in [1.54, 1.807) is 36.6 Å². The molecule has 24 heavy (non-hydrogen) atoms. The number of carbonyl (C=O) groups excluding carboxylic acids is 1. The second-order valence-electron chi connectivity index (χ2n) is 5.02. The molecule has 0 amide bonds. The number of nitrogens with zero attached hydrogens (tertiary/aromatic N) is 6. The number of ketones is 1. The predicted octanol–water partition coefficient (Wildman–Crippen LogP) is 1.07. The van der Waals surface area contributed by atoms with Gasteiger partial charge in [0.05, 0.1) is 11.8 Å². The van der Waals surface area contributed by atoms with Gasteiger partial charge in [0.1, 0.15) is 11.6 Å². The Morgan fingerprint density at radius 2 is 2.08 bits per heavy atom. The average Bonchev–Trinajstić information content (AvgIpc) is 3.16. The van der Waals surface area contributed by atoms with Gasteiger partial charge in [-0.25, -0.2) is 9.78 Å². The number of aryl methyl sites for hydroxylation is 1. The van der Waals surface area contributed by atoms with Crippen LogP contribution in [0.25, 0.3) is 5.69 Å². The van der Waals surface area contributed by atoms with Crippen LogP contribution in [-0.2, 0) is 11.3 Å². The van der Waals surface area contributed by atoms with Crippen LogP contribution < -0.4 is 5.69 Å². The topological polar surface area (TPSA) is 106 Å². The Hall–Kier alpha value is -3.12. The van der Waals surface area contributed by atoms with Crippen LogP contribution in [0, 0.1) is 18.3 Å². The van der Waals surface area contributed by atoms with Crippen LogP contribution in [0.1, 0.15) is 16.6 Å². The van der Waals surface area contributed by atoms with Gasteiger partial charge in [-0.2, -0.15) is 14.6 Å². The average molecular weight is 340 g/mol. The van der Waals surface area contributed by atoms with Crippen LogP contribution in [0.5, 0.6) is 0 Å². The van der Waals surface area contributed by atoms with E-state index in [-0.39, 0.29) is 6.54 Å². The third-order valence-electron chi connectivity index (χ3n) is 3.28. The van der Waals surface area contributed by atoms with E-state index in [1.165, 1.54) is 11.3 Å². The van der Waals surface area contributed by atoms with Gasteiger partial charge in [0.25, 0.3) is 0 Å². The summed E-state index contributed by atoms with van der Waals surface area (Å²) in [6.45, 7) is 1.46. The van der Waals surface area contributed by atoms with Gasteiger partial charge in [0.2, 0.25) is 0 Å². The maximum absolute atomic E-state index is 12.4. The number of carbonyl (C=O) groups is 1. The van der Waals surface area contributed by atoms with E-state index in [2.05, 4.69) is 15.4 Å². The lowest BCUT2D eigenvalue weighted by molar-refractivity contribution is -0.120. The number of thiazole rings is 1. The van der Waals surface area contributed by atoms with Gasteiger partial charge in [-0.05, 0) is 29.5 Å². The van der Waals surface area contributed by atoms with Crippen LogP contribution in [-0.4, -0.2) is 30.6 Å². The Bertz CT molecular complexity index is 966. The van der Waals surface area contributed by atoms with E-state index in [4.69, 9.17) is 0 Å². The Balaban J connectivity index is 1.84. The number of tetrazole rings is 1. The lowest BCUT2D eigenvalue weighted by Gasteiger charge is -2.03. The fourth-order valence-electron chi connectivity index (χ4n) is 2.11. The van der Waals surface area contributed by atoms with Gasteiger partial charge >= 0.3 is 5.69 Å². The van der Waals surface area contributed by atoms with Crippen LogP contribution in [0.2, 0.25) is 0 Å². The minimum Gasteiger partial charge on any atom is -0.296 e. The summed E-state index contributed by atoms with van der Waals surface area (Å²) in [4.78, 5) is 28.8. The third-order valence-corrected chi connectivity index (χ3v) is 4.31. The SMILES string of the molecule is Cc1csc([C@@H](C#N)C(=O)Cn2nnn(-c3ccccc3)c2=O)n1. The highest BCUT2D eigenvalue weighted by Gasteiger charge is 2.25. The number of rotatable bonds is 5. The highest BCUT2D eigenvalue weighted by molar-refractivity contribution is 7.09. The number of nitriles is 1.